The van der Waals surface area contributed by atoms with E-state index in [0.717, 1.165) is 12.8 Å². The highest BCUT2D eigenvalue weighted by Gasteiger charge is 2.23. The summed E-state index contributed by atoms with van der Waals surface area (Å²) in [5, 5.41) is 3.24. The number of sulfone groups is 1. The Morgan fingerprint density at radius 3 is 2.41 bits per heavy atom. The van der Waals surface area contributed by atoms with Crippen molar-refractivity contribution >= 4 is 15.7 Å². The van der Waals surface area contributed by atoms with Crippen LogP contribution in [-0.4, -0.2) is 25.2 Å². The van der Waals surface area contributed by atoms with E-state index in [1.807, 2.05) is 0 Å². The predicted octanol–water partition coefficient (Wildman–Crippen LogP) is 2.48. The molecule has 0 aromatic carbocycles. The second kappa shape index (κ2) is 5.04. The third-order valence-corrected chi connectivity index (χ3v) is 4.28. The number of nitrogens with zero attached hydrogens (tertiary/aromatic N) is 1. The molecule has 5 heteroatoms. The summed E-state index contributed by atoms with van der Waals surface area (Å²) in [7, 11) is -3.25. The SMILES string of the molecule is CCC(C)(CC)Nc1ncccc1S(C)(=O)=O. The molecule has 0 saturated heterocycles. The fraction of sp³-hybridized carbons (Fsp3) is 0.583. The molecule has 0 unspecified atom stereocenters. The summed E-state index contributed by atoms with van der Waals surface area (Å²) in [4.78, 5) is 4.39. The Kier molecular flexibility index (Phi) is 4.14. The minimum Gasteiger partial charge on any atom is -0.364 e. The van der Waals surface area contributed by atoms with E-state index in [1.165, 1.54) is 6.26 Å². The van der Waals surface area contributed by atoms with Crippen molar-refractivity contribution in [2.75, 3.05) is 11.6 Å². The molecule has 0 spiro atoms. The Bertz CT molecular complexity index is 479. The molecular formula is C12H20N2O2S. The summed E-state index contributed by atoms with van der Waals surface area (Å²) in [6, 6.07) is 3.22. The zero-order valence-corrected chi connectivity index (χ0v) is 11.6. The van der Waals surface area contributed by atoms with Crippen LogP contribution in [0, 0.1) is 0 Å². The zero-order chi connectivity index (χ0) is 13.1. The van der Waals surface area contributed by atoms with Gasteiger partial charge >= 0.3 is 0 Å². The van der Waals surface area contributed by atoms with Crippen LogP contribution in [0.25, 0.3) is 0 Å². The molecule has 0 radical (unpaired) electrons. The summed E-state index contributed by atoms with van der Waals surface area (Å²) in [6.45, 7) is 6.20. The Balaban J connectivity index is 3.16. The molecule has 1 aromatic heterocycles. The molecule has 0 fully saturated rings. The molecule has 0 saturated carbocycles. The normalized spacial score (nSPS) is 12.5. The average molecular weight is 256 g/mol. The molecular weight excluding hydrogens is 236 g/mol. The van der Waals surface area contributed by atoms with Crippen LogP contribution >= 0.6 is 0 Å². The van der Waals surface area contributed by atoms with Crippen LogP contribution in [0.1, 0.15) is 33.6 Å². The van der Waals surface area contributed by atoms with Crippen molar-refractivity contribution in [2.45, 2.75) is 44.0 Å². The van der Waals surface area contributed by atoms with Crippen LogP contribution < -0.4 is 5.32 Å². The first kappa shape index (κ1) is 14.0. The van der Waals surface area contributed by atoms with E-state index in [9.17, 15) is 8.42 Å². The minimum absolute atomic E-state index is 0.131. The maximum Gasteiger partial charge on any atom is 0.179 e. The van der Waals surface area contributed by atoms with Gasteiger partial charge in [-0.15, -0.1) is 0 Å². The van der Waals surface area contributed by atoms with Gasteiger partial charge in [0.25, 0.3) is 0 Å². The molecule has 0 aliphatic heterocycles. The number of hydrogen-bond donors (Lipinski definition) is 1. The number of nitrogens with one attached hydrogen (secondary N) is 1. The molecule has 0 atom stereocenters. The van der Waals surface area contributed by atoms with Crippen LogP contribution in [0.4, 0.5) is 5.82 Å². The van der Waals surface area contributed by atoms with Gasteiger partial charge < -0.3 is 5.32 Å². The zero-order valence-electron chi connectivity index (χ0n) is 10.8. The number of aromatic nitrogens is 1. The molecule has 0 bridgehead atoms. The van der Waals surface area contributed by atoms with Gasteiger partial charge in [-0.2, -0.15) is 0 Å². The largest absolute Gasteiger partial charge is 0.364 e. The average Bonchev–Trinajstić information content (AvgIpc) is 2.28. The van der Waals surface area contributed by atoms with Crippen molar-refractivity contribution in [3.63, 3.8) is 0 Å². The van der Waals surface area contributed by atoms with Gasteiger partial charge in [-0.05, 0) is 31.9 Å². The second-order valence-corrected chi connectivity index (χ2v) is 6.50. The number of hydrogen-bond acceptors (Lipinski definition) is 4. The van der Waals surface area contributed by atoms with Crippen molar-refractivity contribution in [3.05, 3.63) is 18.3 Å². The van der Waals surface area contributed by atoms with Crippen molar-refractivity contribution in [1.29, 1.82) is 0 Å². The van der Waals surface area contributed by atoms with E-state index < -0.39 is 9.84 Å². The van der Waals surface area contributed by atoms with E-state index in [2.05, 4.69) is 31.1 Å². The van der Waals surface area contributed by atoms with E-state index in [-0.39, 0.29) is 10.4 Å². The van der Waals surface area contributed by atoms with Gasteiger partial charge in [0.1, 0.15) is 10.7 Å². The summed E-state index contributed by atoms with van der Waals surface area (Å²) >= 11 is 0. The molecule has 0 amide bonds. The fourth-order valence-electron chi connectivity index (χ4n) is 1.50. The maximum absolute atomic E-state index is 11.6. The maximum atomic E-state index is 11.6. The summed E-state index contributed by atoms with van der Waals surface area (Å²) in [6.07, 6.45) is 4.61. The first-order valence-electron chi connectivity index (χ1n) is 5.75. The van der Waals surface area contributed by atoms with Crippen LogP contribution in [0.3, 0.4) is 0 Å². The van der Waals surface area contributed by atoms with Crippen molar-refractivity contribution in [2.24, 2.45) is 0 Å². The van der Waals surface area contributed by atoms with E-state index in [1.54, 1.807) is 18.3 Å². The van der Waals surface area contributed by atoms with Gasteiger partial charge in [0.2, 0.25) is 0 Å². The van der Waals surface area contributed by atoms with Gasteiger partial charge in [-0.1, -0.05) is 13.8 Å². The molecule has 96 valence electrons. The third-order valence-electron chi connectivity index (χ3n) is 3.15. The van der Waals surface area contributed by atoms with Gasteiger partial charge in [-0.3, -0.25) is 0 Å². The summed E-state index contributed by atoms with van der Waals surface area (Å²) < 4.78 is 23.3. The lowest BCUT2D eigenvalue weighted by atomic mass is 9.96. The highest BCUT2D eigenvalue weighted by Crippen LogP contribution is 2.25. The van der Waals surface area contributed by atoms with Crippen molar-refractivity contribution < 1.29 is 8.42 Å². The lowest BCUT2D eigenvalue weighted by molar-refractivity contribution is 0.475. The van der Waals surface area contributed by atoms with Crippen molar-refractivity contribution in [3.8, 4) is 0 Å². The van der Waals surface area contributed by atoms with Gasteiger partial charge in [0.15, 0.2) is 9.84 Å². The number of anilines is 1. The first-order chi connectivity index (χ1) is 7.82. The molecule has 1 aromatic rings. The topological polar surface area (TPSA) is 59.1 Å². The monoisotopic (exact) mass is 256 g/mol. The molecule has 0 aliphatic carbocycles. The number of rotatable bonds is 5. The molecule has 0 aliphatic rings. The van der Waals surface area contributed by atoms with Crippen molar-refractivity contribution in [1.82, 2.24) is 4.98 Å². The predicted molar refractivity (Wildman–Crippen MR) is 70.0 cm³/mol. The summed E-state index contributed by atoms with van der Waals surface area (Å²) in [5.41, 5.74) is -0.131. The van der Waals surface area contributed by atoms with E-state index >= 15 is 0 Å². The fourth-order valence-corrected chi connectivity index (χ4v) is 2.28. The molecule has 1 N–H and O–H groups in total. The lowest BCUT2D eigenvalue weighted by Gasteiger charge is -2.29. The Morgan fingerprint density at radius 1 is 1.35 bits per heavy atom. The first-order valence-corrected chi connectivity index (χ1v) is 7.65. The van der Waals surface area contributed by atoms with Gasteiger partial charge in [0, 0.05) is 18.0 Å². The Hall–Kier alpha value is -1.10. The minimum atomic E-state index is -3.25. The molecule has 1 heterocycles. The summed E-state index contributed by atoms with van der Waals surface area (Å²) in [5.74, 6) is 0.446. The molecule has 4 nitrogen and oxygen atoms in total. The van der Waals surface area contributed by atoms with Gasteiger partial charge in [-0.25, -0.2) is 13.4 Å². The smallest absolute Gasteiger partial charge is 0.179 e. The standard InChI is InChI=1S/C12H20N2O2S/c1-5-12(3,6-2)14-11-10(17(4,15)16)8-7-9-13-11/h7-9H,5-6H2,1-4H3,(H,13,14). The van der Waals surface area contributed by atoms with E-state index in [0.29, 0.717) is 5.82 Å². The van der Waals surface area contributed by atoms with Crippen LogP contribution in [0.15, 0.2) is 23.2 Å². The Labute approximate surface area is 103 Å². The highest BCUT2D eigenvalue weighted by atomic mass is 32.2. The van der Waals surface area contributed by atoms with Crippen LogP contribution in [0.5, 0.6) is 0 Å². The van der Waals surface area contributed by atoms with E-state index in [4.69, 9.17) is 0 Å². The number of pyridine rings is 1. The van der Waals surface area contributed by atoms with Gasteiger partial charge in [0.05, 0.1) is 0 Å². The van der Waals surface area contributed by atoms with Crippen LogP contribution in [-0.2, 0) is 9.84 Å². The Morgan fingerprint density at radius 2 is 1.94 bits per heavy atom. The van der Waals surface area contributed by atoms with Crippen LogP contribution in [0.2, 0.25) is 0 Å². The molecule has 1 rings (SSSR count). The highest BCUT2D eigenvalue weighted by molar-refractivity contribution is 7.90. The third kappa shape index (κ3) is 3.43. The molecule has 17 heavy (non-hydrogen) atoms. The lowest BCUT2D eigenvalue weighted by Crippen LogP contribution is -2.34. The second-order valence-electron chi connectivity index (χ2n) is 4.52. The quantitative estimate of drug-likeness (QED) is 0.879.